The minimum atomic E-state index is -0.263. The fourth-order valence-electron chi connectivity index (χ4n) is 3.75. The zero-order valence-electron chi connectivity index (χ0n) is 15.9. The lowest BCUT2D eigenvalue weighted by molar-refractivity contribution is 0.306. The van der Waals surface area contributed by atoms with Crippen molar-refractivity contribution in [1.29, 1.82) is 0 Å². The maximum Gasteiger partial charge on any atom is 0.153 e. The summed E-state index contributed by atoms with van der Waals surface area (Å²) in [6.45, 7) is 2.96. The fourth-order valence-corrected chi connectivity index (χ4v) is 3.75. The standard InChI is InChI=1S/C21H24FN5.ClH/c1-13-2-4-17(5-3-13)24-11-14-8-15(10-16(22)9-14)18-6-7-19-20(27-18)21(23)26-12-25-19;/h6-10,12-13,17,24H,2-5,11H2,1H3,(H2,23,25,26);1H. The molecule has 0 bridgehead atoms. The van der Waals surface area contributed by atoms with E-state index in [4.69, 9.17) is 5.73 Å². The zero-order chi connectivity index (χ0) is 18.8. The van der Waals surface area contributed by atoms with Crippen LogP contribution in [0.5, 0.6) is 0 Å². The summed E-state index contributed by atoms with van der Waals surface area (Å²) in [6.07, 6.45) is 6.31. The van der Waals surface area contributed by atoms with Gasteiger partial charge in [0.1, 0.15) is 17.7 Å². The molecule has 1 aromatic carbocycles. The van der Waals surface area contributed by atoms with E-state index in [-0.39, 0.29) is 18.2 Å². The summed E-state index contributed by atoms with van der Waals surface area (Å²) in [5.74, 6) is 0.881. The van der Waals surface area contributed by atoms with Gasteiger partial charge in [-0.05, 0) is 67.5 Å². The first kappa shape index (κ1) is 20.4. The van der Waals surface area contributed by atoms with Crippen molar-refractivity contribution < 1.29 is 4.39 Å². The molecular weight excluding hydrogens is 377 g/mol. The summed E-state index contributed by atoms with van der Waals surface area (Å²) in [4.78, 5) is 12.7. The number of aromatic nitrogens is 3. The van der Waals surface area contributed by atoms with E-state index < -0.39 is 0 Å². The number of fused-ring (bicyclic) bond motifs is 1. The van der Waals surface area contributed by atoms with Gasteiger partial charge in [-0.15, -0.1) is 12.4 Å². The van der Waals surface area contributed by atoms with E-state index in [0.29, 0.717) is 35.1 Å². The zero-order valence-corrected chi connectivity index (χ0v) is 16.7. The molecule has 1 fully saturated rings. The van der Waals surface area contributed by atoms with Crippen molar-refractivity contribution in [2.24, 2.45) is 5.92 Å². The van der Waals surface area contributed by atoms with Crippen LogP contribution in [0.15, 0.2) is 36.7 Å². The van der Waals surface area contributed by atoms with Crippen LogP contribution in [0.2, 0.25) is 0 Å². The van der Waals surface area contributed by atoms with Crippen molar-refractivity contribution in [2.45, 2.75) is 45.2 Å². The molecule has 0 saturated heterocycles. The van der Waals surface area contributed by atoms with Crippen LogP contribution >= 0.6 is 12.4 Å². The number of nitrogen functional groups attached to an aromatic ring is 1. The quantitative estimate of drug-likeness (QED) is 0.672. The summed E-state index contributed by atoms with van der Waals surface area (Å²) in [7, 11) is 0. The molecular formula is C21H25ClFN5. The van der Waals surface area contributed by atoms with E-state index in [2.05, 4.69) is 27.2 Å². The first-order valence-corrected chi connectivity index (χ1v) is 9.49. The molecule has 28 heavy (non-hydrogen) atoms. The molecule has 5 nitrogen and oxygen atoms in total. The minimum absolute atomic E-state index is 0. The van der Waals surface area contributed by atoms with Gasteiger partial charge in [0.05, 0.1) is 11.2 Å². The van der Waals surface area contributed by atoms with Crippen LogP contribution < -0.4 is 11.1 Å². The molecule has 0 aliphatic heterocycles. The lowest BCUT2D eigenvalue weighted by Crippen LogP contribution is -2.32. The number of nitrogens with zero attached hydrogens (tertiary/aromatic N) is 3. The second-order valence-corrected chi connectivity index (χ2v) is 7.51. The lowest BCUT2D eigenvalue weighted by Gasteiger charge is -2.27. The smallest absolute Gasteiger partial charge is 0.153 e. The van der Waals surface area contributed by atoms with Crippen LogP contribution in [-0.2, 0) is 6.54 Å². The van der Waals surface area contributed by atoms with Gasteiger partial charge in [0.15, 0.2) is 5.82 Å². The second-order valence-electron chi connectivity index (χ2n) is 7.51. The molecule has 3 aromatic rings. The van der Waals surface area contributed by atoms with Crippen LogP contribution in [-0.4, -0.2) is 21.0 Å². The molecule has 1 aliphatic rings. The van der Waals surface area contributed by atoms with E-state index in [1.807, 2.05) is 18.2 Å². The third-order valence-corrected chi connectivity index (χ3v) is 5.37. The van der Waals surface area contributed by atoms with Gasteiger partial charge in [-0.1, -0.05) is 6.92 Å². The first-order chi connectivity index (χ1) is 13.1. The average Bonchev–Trinajstić information content (AvgIpc) is 2.67. The summed E-state index contributed by atoms with van der Waals surface area (Å²) in [5, 5.41) is 3.58. The molecule has 1 saturated carbocycles. The number of rotatable bonds is 4. The van der Waals surface area contributed by atoms with Crippen molar-refractivity contribution in [3.8, 4) is 11.3 Å². The lowest BCUT2D eigenvalue weighted by atomic mass is 9.87. The summed E-state index contributed by atoms with van der Waals surface area (Å²) < 4.78 is 14.2. The number of benzene rings is 1. The van der Waals surface area contributed by atoms with Crippen LogP contribution in [0.1, 0.15) is 38.2 Å². The molecule has 0 radical (unpaired) electrons. The maximum atomic E-state index is 14.2. The van der Waals surface area contributed by atoms with E-state index in [9.17, 15) is 4.39 Å². The molecule has 0 amide bonds. The molecule has 0 unspecified atom stereocenters. The monoisotopic (exact) mass is 401 g/mol. The van der Waals surface area contributed by atoms with Crippen molar-refractivity contribution >= 4 is 29.3 Å². The van der Waals surface area contributed by atoms with Crippen molar-refractivity contribution in [3.63, 3.8) is 0 Å². The van der Waals surface area contributed by atoms with Crippen LogP contribution in [0.4, 0.5) is 10.2 Å². The number of nitrogens with two attached hydrogens (primary N) is 1. The largest absolute Gasteiger partial charge is 0.382 e. The minimum Gasteiger partial charge on any atom is -0.382 e. The number of pyridine rings is 1. The highest BCUT2D eigenvalue weighted by molar-refractivity contribution is 5.86. The number of nitrogens with one attached hydrogen (secondary N) is 1. The maximum absolute atomic E-state index is 14.2. The molecule has 2 heterocycles. The van der Waals surface area contributed by atoms with Crippen LogP contribution in [0, 0.1) is 11.7 Å². The Balaban J connectivity index is 0.00000225. The van der Waals surface area contributed by atoms with Crippen molar-refractivity contribution in [3.05, 3.63) is 48.0 Å². The van der Waals surface area contributed by atoms with E-state index >= 15 is 0 Å². The van der Waals surface area contributed by atoms with Gasteiger partial charge in [0.2, 0.25) is 0 Å². The van der Waals surface area contributed by atoms with Crippen LogP contribution in [0.3, 0.4) is 0 Å². The average molecular weight is 402 g/mol. The van der Waals surface area contributed by atoms with Gasteiger partial charge in [-0.2, -0.15) is 0 Å². The van der Waals surface area contributed by atoms with Crippen LogP contribution in [0.25, 0.3) is 22.3 Å². The van der Waals surface area contributed by atoms with Gasteiger partial charge in [-0.25, -0.2) is 19.3 Å². The first-order valence-electron chi connectivity index (χ1n) is 9.49. The molecule has 0 spiro atoms. The molecule has 0 atom stereocenters. The molecule has 3 N–H and O–H groups in total. The summed E-state index contributed by atoms with van der Waals surface area (Å²) in [6, 6.07) is 9.25. The van der Waals surface area contributed by atoms with E-state index in [1.165, 1.54) is 38.1 Å². The predicted octanol–water partition coefficient (Wildman–Crippen LogP) is 4.50. The third-order valence-electron chi connectivity index (χ3n) is 5.37. The molecule has 2 aromatic heterocycles. The highest BCUT2D eigenvalue weighted by atomic mass is 35.5. The molecule has 148 valence electrons. The Morgan fingerprint density at radius 2 is 1.89 bits per heavy atom. The van der Waals surface area contributed by atoms with Gasteiger partial charge >= 0.3 is 0 Å². The van der Waals surface area contributed by atoms with Crippen molar-refractivity contribution in [2.75, 3.05) is 5.73 Å². The Hall–Kier alpha value is -2.31. The molecule has 7 heteroatoms. The van der Waals surface area contributed by atoms with Crippen molar-refractivity contribution in [1.82, 2.24) is 20.3 Å². The van der Waals surface area contributed by atoms with Gasteiger partial charge < -0.3 is 11.1 Å². The number of halogens is 2. The summed E-state index contributed by atoms with van der Waals surface area (Å²) in [5.41, 5.74) is 9.43. The highest BCUT2D eigenvalue weighted by Crippen LogP contribution is 2.26. The Labute approximate surface area is 170 Å². The number of anilines is 1. The normalized spacial score (nSPS) is 19.4. The number of hydrogen-bond acceptors (Lipinski definition) is 5. The van der Waals surface area contributed by atoms with Gasteiger partial charge in [0, 0.05) is 18.2 Å². The Kier molecular flexibility index (Phi) is 6.42. The van der Waals surface area contributed by atoms with E-state index in [1.54, 1.807) is 6.07 Å². The predicted molar refractivity (Wildman–Crippen MR) is 113 cm³/mol. The fraction of sp³-hybridized carbons (Fsp3) is 0.381. The molecule has 1 aliphatic carbocycles. The number of hydrogen-bond donors (Lipinski definition) is 2. The Morgan fingerprint density at radius 3 is 2.68 bits per heavy atom. The topological polar surface area (TPSA) is 76.7 Å². The Morgan fingerprint density at radius 1 is 1.11 bits per heavy atom. The third kappa shape index (κ3) is 4.56. The second kappa shape index (κ2) is 8.80. The van der Waals surface area contributed by atoms with Gasteiger partial charge in [-0.3, -0.25) is 0 Å². The highest BCUT2D eigenvalue weighted by Gasteiger charge is 2.17. The Bertz CT molecular complexity index is 957. The van der Waals surface area contributed by atoms with Gasteiger partial charge in [0.25, 0.3) is 0 Å². The SMILES string of the molecule is CC1CCC(NCc2cc(F)cc(-c3ccc4ncnc(N)c4n3)c2)CC1.Cl. The van der Waals surface area contributed by atoms with E-state index in [0.717, 1.165) is 17.0 Å². The molecule has 4 rings (SSSR count). The summed E-state index contributed by atoms with van der Waals surface area (Å²) >= 11 is 0.